The predicted octanol–water partition coefficient (Wildman–Crippen LogP) is 2.28. The fourth-order valence-electron chi connectivity index (χ4n) is 2.24. The van der Waals surface area contributed by atoms with Crippen molar-refractivity contribution in [2.75, 3.05) is 5.75 Å². The first kappa shape index (κ1) is 13.4. The molecule has 0 radical (unpaired) electrons. The topological polar surface area (TPSA) is 60.2 Å². The number of nitrogens with one attached hydrogen (secondary N) is 1. The Labute approximate surface area is 120 Å². The zero-order valence-electron chi connectivity index (χ0n) is 10.6. The van der Waals surface area contributed by atoms with Crippen LogP contribution < -0.4 is 16.0 Å². The van der Waals surface area contributed by atoms with Gasteiger partial charge in [-0.25, -0.2) is 9.82 Å². The molecule has 2 atom stereocenters. The first-order valence-electron chi connectivity index (χ1n) is 6.23. The van der Waals surface area contributed by atoms with Crippen molar-refractivity contribution in [1.82, 2.24) is 10.4 Å². The van der Waals surface area contributed by atoms with Gasteiger partial charge in [0.1, 0.15) is 17.7 Å². The quantitative estimate of drug-likeness (QED) is 0.671. The van der Waals surface area contributed by atoms with Gasteiger partial charge < -0.3 is 4.74 Å². The smallest absolute Gasteiger partial charge is 0.146 e. The van der Waals surface area contributed by atoms with Crippen molar-refractivity contribution in [2.24, 2.45) is 5.84 Å². The lowest BCUT2D eigenvalue weighted by Crippen LogP contribution is -2.42. The molecule has 0 amide bonds. The van der Waals surface area contributed by atoms with Crippen LogP contribution in [0.15, 0.2) is 47.6 Å². The summed E-state index contributed by atoms with van der Waals surface area (Å²) in [6.07, 6.45) is 2.49. The number of hydrogen-bond acceptors (Lipinski definition) is 5. The summed E-state index contributed by atoms with van der Waals surface area (Å²) in [5, 5.41) is 0. The van der Waals surface area contributed by atoms with E-state index in [2.05, 4.69) is 10.4 Å². The van der Waals surface area contributed by atoms with Crippen molar-refractivity contribution >= 4 is 11.8 Å². The minimum absolute atomic E-state index is 0.239. The summed E-state index contributed by atoms with van der Waals surface area (Å²) in [5.41, 5.74) is 3.12. The van der Waals surface area contributed by atoms with Crippen molar-refractivity contribution in [3.63, 3.8) is 0 Å². The summed E-state index contributed by atoms with van der Waals surface area (Å²) in [6, 6.07) is 9.00. The van der Waals surface area contributed by atoms with E-state index in [1.807, 2.05) is 24.3 Å². The Balaban J connectivity index is 1.87. The highest BCUT2D eigenvalue weighted by molar-refractivity contribution is 7.99. The molecular formula is C14H14FN3OS. The molecule has 2 aromatic rings. The number of halogens is 1. The van der Waals surface area contributed by atoms with Gasteiger partial charge in [-0.2, -0.15) is 0 Å². The van der Waals surface area contributed by atoms with Gasteiger partial charge in [-0.05, 0) is 18.2 Å². The number of ether oxygens (including phenoxy) is 1. The molecule has 3 rings (SSSR count). The van der Waals surface area contributed by atoms with E-state index in [1.165, 1.54) is 6.20 Å². The largest absolute Gasteiger partial charge is 0.486 e. The summed E-state index contributed by atoms with van der Waals surface area (Å²) in [4.78, 5) is 4.85. The van der Waals surface area contributed by atoms with Crippen LogP contribution in [-0.2, 0) is 0 Å². The fourth-order valence-corrected chi connectivity index (χ4v) is 3.27. The van der Waals surface area contributed by atoms with Gasteiger partial charge in [0.25, 0.3) is 0 Å². The van der Waals surface area contributed by atoms with Crippen molar-refractivity contribution in [1.29, 1.82) is 0 Å². The summed E-state index contributed by atoms with van der Waals surface area (Å²) < 4.78 is 19.8. The molecule has 1 aromatic carbocycles. The second-order valence-corrected chi connectivity index (χ2v) is 5.52. The van der Waals surface area contributed by atoms with E-state index in [9.17, 15) is 4.39 Å². The van der Waals surface area contributed by atoms with Crippen LogP contribution in [-0.4, -0.2) is 16.8 Å². The summed E-state index contributed by atoms with van der Waals surface area (Å²) in [6.45, 7) is 0. The fraction of sp³-hybridized carbons (Fsp3) is 0.214. The second-order valence-electron chi connectivity index (χ2n) is 4.46. The maximum absolute atomic E-state index is 13.9. The number of fused-ring (bicyclic) bond motifs is 1. The van der Waals surface area contributed by atoms with Crippen molar-refractivity contribution in [3.05, 3.63) is 54.1 Å². The zero-order chi connectivity index (χ0) is 13.9. The van der Waals surface area contributed by atoms with Crippen LogP contribution in [0.25, 0.3) is 0 Å². The van der Waals surface area contributed by atoms with E-state index in [0.717, 1.165) is 10.6 Å². The molecular weight excluding hydrogens is 277 g/mol. The number of rotatable bonds is 3. The van der Waals surface area contributed by atoms with Crippen LogP contribution >= 0.6 is 11.8 Å². The third-order valence-corrected chi connectivity index (χ3v) is 4.36. The number of nitrogens with zero attached hydrogens (tertiary/aromatic N) is 1. The van der Waals surface area contributed by atoms with Gasteiger partial charge in [-0.1, -0.05) is 12.1 Å². The molecule has 6 heteroatoms. The van der Waals surface area contributed by atoms with Crippen LogP contribution in [0, 0.1) is 5.82 Å². The number of benzene rings is 1. The first-order chi connectivity index (χ1) is 9.79. The van der Waals surface area contributed by atoms with E-state index >= 15 is 0 Å². The molecule has 3 N–H and O–H groups in total. The Morgan fingerprint density at radius 1 is 1.40 bits per heavy atom. The predicted molar refractivity (Wildman–Crippen MR) is 75.8 cm³/mol. The van der Waals surface area contributed by atoms with Crippen molar-refractivity contribution < 1.29 is 9.13 Å². The highest BCUT2D eigenvalue weighted by atomic mass is 32.2. The summed E-state index contributed by atoms with van der Waals surface area (Å²) >= 11 is 1.68. The van der Waals surface area contributed by atoms with E-state index in [1.54, 1.807) is 24.0 Å². The Kier molecular flexibility index (Phi) is 3.86. The van der Waals surface area contributed by atoms with Crippen LogP contribution in [0.2, 0.25) is 0 Å². The highest BCUT2D eigenvalue weighted by Gasteiger charge is 2.30. The molecule has 0 saturated heterocycles. The number of thioether (sulfide) groups is 1. The van der Waals surface area contributed by atoms with Crippen LogP contribution in [0.1, 0.15) is 11.6 Å². The average molecular weight is 291 g/mol. The Morgan fingerprint density at radius 2 is 2.25 bits per heavy atom. The van der Waals surface area contributed by atoms with E-state index in [0.29, 0.717) is 11.3 Å². The lowest BCUT2D eigenvalue weighted by atomic mass is 10.0. The molecule has 1 aliphatic heterocycles. The summed E-state index contributed by atoms with van der Waals surface area (Å²) in [7, 11) is 0. The Morgan fingerprint density at radius 3 is 3.05 bits per heavy atom. The Hall–Kier alpha value is -1.63. The molecule has 0 bridgehead atoms. The standard InChI is InChI=1S/C14H14FN3OS/c15-10-7-17-6-5-9(10)14(18-16)12-8-20-13-4-2-1-3-11(13)19-12/h1-7,12,14,18H,8,16H2. The van der Waals surface area contributed by atoms with Crippen LogP contribution in [0.4, 0.5) is 4.39 Å². The molecule has 0 aliphatic carbocycles. The zero-order valence-corrected chi connectivity index (χ0v) is 11.4. The normalized spacial score (nSPS) is 19.0. The van der Waals surface area contributed by atoms with Crippen LogP contribution in [0.3, 0.4) is 0 Å². The number of hydrogen-bond donors (Lipinski definition) is 2. The molecule has 4 nitrogen and oxygen atoms in total. The second kappa shape index (κ2) is 5.78. The minimum atomic E-state index is -0.418. The van der Waals surface area contributed by atoms with Gasteiger partial charge >= 0.3 is 0 Å². The average Bonchev–Trinajstić information content (AvgIpc) is 2.50. The molecule has 1 aliphatic rings. The van der Waals surface area contributed by atoms with Crippen LogP contribution in [0.5, 0.6) is 5.75 Å². The van der Waals surface area contributed by atoms with Gasteiger partial charge in [-0.15, -0.1) is 11.8 Å². The highest BCUT2D eigenvalue weighted by Crippen LogP contribution is 2.38. The SMILES string of the molecule is NNC(c1ccncc1F)C1CSc2ccccc2O1. The van der Waals surface area contributed by atoms with E-state index in [4.69, 9.17) is 10.6 Å². The first-order valence-corrected chi connectivity index (χ1v) is 7.22. The number of nitrogens with two attached hydrogens (primary N) is 1. The summed E-state index contributed by atoms with van der Waals surface area (Å²) in [5.74, 6) is 6.72. The van der Waals surface area contributed by atoms with E-state index in [-0.39, 0.29) is 11.9 Å². The van der Waals surface area contributed by atoms with Crippen molar-refractivity contribution in [3.8, 4) is 5.75 Å². The molecule has 0 fully saturated rings. The molecule has 0 saturated carbocycles. The molecule has 0 spiro atoms. The maximum Gasteiger partial charge on any atom is 0.146 e. The van der Waals surface area contributed by atoms with Crippen molar-refractivity contribution in [2.45, 2.75) is 17.0 Å². The number of aromatic nitrogens is 1. The van der Waals surface area contributed by atoms with Gasteiger partial charge in [0.05, 0.1) is 12.2 Å². The van der Waals surface area contributed by atoms with Gasteiger partial charge in [0, 0.05) is 22.4 Å². The number of pyridine rings is 1. The lowest BCUT2D eigenvalue weighted by molar-refractivity contribution is 0.164. The molecule has 1 aromatic heterocycles. The van der Waals surface area contributed by atoms with E-state index < -0.39 is 6.04 Å². The van der Waals surface area contributed by atoms with Gasteiger partial charge in [0.15, 0.2) is 0 Å². The third kappa shape index (κ3) is 2.49. The number of para-hydroxylation sites is 1. The number of hydrazine groups is 1. The molecule has 2 unspecified atom stereocenters. The monoisotopic (exact) mass is 291 g/mol. The molecule has 20 heavy (non-hydrogen) atoms. The van der Waals surface area contributed by atoms with Gasteiger partial charge in [0.2, 0.25) is 0 Å². The Bertz CT molecular complexity index is 610. The third-order valence-electron chi connectivity index (χ3n) is 3.22. The molecule has 2 heterocycles. The minimum Gasteiger partial charge on any atom is -0.486 e. The maximum atomic E-state index is 13.9. The molecule has 104 valence electrons. The van der Waals surface area contributed by atoms with Gasteiger partial charge in [-0.3, -0.25) is 10.8 Å². The lowest BCUT2D eigenvalue weighted by Gasteiger charge is -2.31.